The minimum Gasteiger partial charge on any atom is -0.307 e. The fourth-order valence-electron chi connectivity index (χ4n) is 12.8. The Kier molecular flexibility index (Phi) is 13.2. The third-order valence-corrected chi connectivity index (χ3v) is 16.9. The minimum absolute atomic E-state index is 0.347. The van der Waals surface area contributed by atoms with Gasteiger partial charge in [-0.25, -0.2) is 8.78 Å². The summed E-state index contributed by atoms with van der Waals surface area (Å²) in [6.45, 7) is 8.35. The molecule has 0 spiro atoms. The van der Waals surface area contributed by atoms with Crippen LogP contribution in [0.4, 0.5) is 42.9 Å². The molecule has 0 aliphatic carbocycles. The molecule has 4 heteroatoms. The van der Waals surface area contributed by atoms with E-state index in [1.807, 2.05) is 60.7 Å². The standard InChI is InChI=1S/C80H58F2N2/c1-51-21-11-15-33-65(51)61-47-71(67-35-17-13-23-53(67)3)79(73(81)49-61)83(63-31-19-29-59(45-63)55-25-7-5-8-26-55)75-43-39-57-38-42-70-76(44-40-58-37-41-69(75)77(57)78(58)70)84(64-32-20-30-60(46-64)56-27-9-6-10-28-56)80-72(68-36-18-14-24-54(68)4)48-62(50-74(80)82)66-34-16-12-22-52(66)2/h5-50H,1-4H3. The summed E-state index contributed by atoms with van der Waals surface area (Å²) >= 11 is 0. The van der Waals surface area contributed by atoms with Gasteiger partial charge in [-0.15, -0.1) is 0 Å². The van der Waals surface area contributed by atoms with Crippen LogP contribution < -0.4 is 9.80 Å². The van der Waals surface area contributed by atoms with Gasteiger partial charge < -0.3 is 9.80 Å². The second-order valence-electron chi connectivity index (χ2n) is 22.1. The molecule has 0 amide bonds. The Hall–Kier alpha value is -10.4. The van der Waals surface area contributed by atoms with Crippen molar-refractivity contribution in [1.82, 2.24) is 0 Å². The number of benzene rings is 14. The van der Waals surface area contributed by atoms with Crippen molar-refractivity contribution in [3.8, 4) is 66.8 Å². The fourth-order valence-corrected chi connectivity index (χ4v) is 12.8. The van der Waals surface area contributed by atoms with Gasteiger partial charge in [0.25, 0.3) is 0 Å². The molecule has 0 atom stereocenters. The van der Waals surface area contributed by atoms with Crippen LogP contribution in [0, 0.1) is 39.3 Å². The van der Waals surface area contributed by atoms with E-state index in [0.717, 1.165) is 144 Å². The summed E-state index contributed by atoms with van der Waals surface area (Å²) in [5, 5.41) is 5.99. The lowest BCUT2D eigenvalue weighted by Crippen LogP contribution is -2.15. The fraction of sp³-hybridized carbons (Fsp3) is 0.0500. The van der Waals surface area contributed by atoms with E-state index in [-0.39, 0.29) is 11.6 Å². The van der Waals surface area contributed by atoms with Crippen molar-refractivity contribution in [2.24, 2.45) is 0 Å². The van der Waals surface area contributed by atoms with Crippen molar-refractivity contribution < 1.29 is 8.78 Å². The summed E-state index contributed by atoms with van der Waals surface area (Å²) in [4.78, 5) is 4.28. The first-order valence-corrected chi connectivity index (χ1v) is 28.7. The first-order chi connectivity index (χ1) is 41.2. The van der Waals surface area contributed by atoms with E-state index in [2.05, 4.69) is 244 Å². The van der Waals surface area contributed by atoms with Crippen molar-refractivity contribution >= 4 is 66.4 Å². The molecule has 14 rings (SSSR count). The van der Waals surface area contributed by atoms with Crippen molar-refractivity contribution in [2.45, 2.75) is 27.7 Å². The van der Waals surface area contributed by atoms with E-state index in [1.165, 1.54) is 0 Å². The maximum absolute atomic E-state index is 18.5. The summed E-state index contributed by atoms with van der Waals surface area (Å²) in [5.41, 5.74) is 19.5. The molecular formula is C80H58F2N2. The predicted octanol–water partition coefficient (Wildman–Crippen LogP) is 23.0. The lowest BCUT2D eigenvalue weighted by atomic mass is 9.89. The van der Waals surface area contributed by atoms with E-state index < -0.39 is 0 Å². The molecule has 0 aliphatic rings. The van der Waals surface area contributed by atoms with Gasteiger partial charge in [-0.3, -0.25) is 0 Å². The summed E-state index contributed by atoms with van der Waals surface area (Å²) < 4.78 is 36.9. The maximum Gasteiger partial charge on any atom is 0.148 e. The van der Waals surface area contributed by atoms with Gasteiger partial charge in [-0.05, 0) is 188 Å². The van der Waals surface area contributed by atoms with Gasteiger partial charge in [-0.2, -0.15) is 0 Å². The first-order valence-electron chi connectivity index (χ1n) is 28.7. The number of aryl methyl sites for hydroxylation is 4. The normalized spacial score (nSPS) is 11.5. The maximum atomic E-state index is 18.5. The van der Waals surface area contributed by atoms with Crippen LogP contribution in [0.1, 0.15) is 22.3 Å². The Labute approximate surface area is 489 Å². The molecule has 0 unspecified atom stereocenters. The Balaban J connectivity index is 1.06. The summed E-state index contributed by atoms with van der Waals surface area (Å²) in [6, 6.07) is 95.7. The zero-order chi connectivity index (χ0) is 57.0. The average molecular weight is 1090 g/mol. The molecular weight excluding hydrogens is 1030 g/mol. The number of nitrogens with zero attached hydrogens (tertiary/aromatic N) is 2. The summed E-state index contributed by atoms with van der Waals surface area (Å²) in [5.74, 6) is -0.694. The second-order valence-corrected chi connectivity index (χ2v) is 22.1. The number of rotatable bonds is 12. The molecule has 0 aliphatic heterocycles. The molecule has 0 bridgehead atoms. The molecule has 0 N–H and O–H groups in total. The molecule has 14 aromatic carbocycles. The molecule has 0 saturated carbocycles. The number of hydrogen-bond donors (Lipinski definition) is 0. The van der Waals surface area contributed by atoms with E-state index >= 15 is 8.78 Å². The second kappa shape index (κ2) is 21.5. The molecule has 402 valence electrons. The summed E-state index contributed by atoms with van der Waals surface area (Å²) in [6.07, 6.45) is 0. The zero-order valence-electron chi connectivity index (χ0n) is 47.2. The highest BCUT2D eigenvalue weighted by Crippen LogP contribution is 2.53. The SMILES string of the molecule is Cc1ccccc1-c1cc(F)c(N(c2cccc(-c3ccccc3)c2)c2ccc3ccc4c(N(c5cccc(-c6ccccc6)c5)c5c(F)cc(-c6ccccc6C)cc5-c5ccccc5C)ccc5ccc2c3c54)c(-c2ccccc2C)c1. The lowest BCUT2D eigenvalue weighted by Gasteiger charge is -2.32. The van der Waals surface area contributed by atoms with E-state index in [9.17, 15) is 0 Å². The van der Waals surface area contributed by atoms with Crippen molar-refractivity contribution in [1.29, 1.82) is 0 Å². The Morgan fingerprint density at radius 3 is 0.964 bits per heavy atom. The molecule has 0 aromatic heterocycles. The molecule has 14 aromatic rings. The van der Waals surface area contributed by atoms with E-state index in [0.29, 0.717) is 11.4 Å². The predicted molar refractivity (Wildman–Crippen MR) is 351 cm³/mol. The minimum atomic E-state index is -0.347. The number of halogens is 2. The van der Waals surface area contributed by atoms with Gasteiger partial charge in [0, 0.05) is 33.3 Å². The quantitative estimate of drug-likeness (QED) is 0.113. The van der Waals surface area contributed by atoms with Crippen LogP contribution in [0.5, 0.6) is 0 Å². The average Bonchev–Trinajstić information content (AvgIpc) is 2.36. The van der Waals surface area contributed by atoms with Crippen molar-refractivity contribution in [3.63, 3.8) is 0 Å². The molecule has 0 radical (unpaired) electrons. The Bertz CT molecular complexity index is 4510. The molecule has 84 heavy (non-hydrogen) atoms. The Morgan fingerprint density at radius 2 is 0.583 bits per heavy atom. The van der Waals surface area contributed by atoms with E-state index in [1.54, 1.807) is 12.1 Å². The Morgan fingerprint density at radius 1 is 0.250 bits per heavy atom. The van der Waals surface area contributed by atoms with Crippen molar-refractivity contribution in [3.05, 3.63) is 313 Å². The third kappa shape index (κ3) is 9.13. The van der Waals surface area contributed by atoms with Crippen LogP contribution in [0.25, 0.3) is 99.1 Å². The third-order valence-electron chi connectivity index (χ3n) is 16.9. The summed E-state index contributed by atoms with van der Waals surface area (Å²) in [7, 11) is 0. The van der Waals surface area contributed by atoms with Crippen LogP contribution in [-0.2, 0) is 0 Å². The molecule has 0 fully saturated rings. The zero-order valence-corrected chi connectivity index (χ0v) is 47.2. The smallest absolute Gasteiger partial charge is 0.148 e. The number of anilines is 6. The van der Waals surface area contributed by atoms with Gasteiger partial charge in [-0.1, -0.05) is 218 Å². The highest BCUT2D eigenvalue weighted by atomic mass is 19.1. The number of hydrogen-bond acceptors (Lipinski definition) is 2. The van der Waals surface area contributed by atoms with Crippen LogP contribution in [0.3, 0.4) is 0 Å². The van der Waals surface area contributed by atoms with Gasteiger partial charge in [0.1, 0.15) is 11.6 Å². The molecule has 0 saturated heterocycles. The van der Waals surface area contributed by atoms with Crippen LogP contribution >= 0.6 is 0 Å². The van der Waals surface area contributed by atoms with Gasteiger partial charge in [0.2, 0.25) is 0 Å². The van der Waals surface area contributed by atoms with Crippen LogP contribution in [0.15, 0.2) is 279 Å². The topological polar surface area (TPSA) is 6.48 Å². The van der Waals surface area contributed by atoms with Gasteiger partial charge >= 0.3 is 0 Å². The molecule has 0 heterocycles. The lowest BCUT2D eigenvalue weighted by molar-refractivity contribution is 0.629. The van der Waals surface area contributed by atoms with Gasteiger partial charge in [0.15, 0.2) is 0 Å². The monoisotopic (exact) mass is 1080 g/mol. The first kappa shape index (κ1) is 51.7. The van der Waals surface area contributed by atoms with Crippen LogP contribution in [-0.4, -0.2) is 0 Å². The van der Waals surface area contributed by atoms with Crippen LogP contribution in [0.2, 0.25) is 0 Å². The largest absolute Gasteiger partial charge is 0.307 e. The molecule has 2 nitrogen and oxygen atoms in total. The van der Waals surface area contributed by atoms with Gasteiger partial charge in [0.05, 0.1) is 22.7 Å². The van der Waals surface area contributed by atoms with E-state index in [4.69, 9.17) is 0 Å². The van der Waals surface area contributed by atoms with Crippen molar-refractivity contribution in [2.75, 3.05) is 9.80 Å². The highest BCUT2D eigenvalue weighted by Gasteiger charge is 2.29. The highest BCUT2D eigenvalue weighted by molar-refractivity contribution is 6.28.